The van der Waals surface area contributed by atoms with Gasteiger partial charge in [-0.05, 0) is 37.0 Å². The van der Waals surface area contributed by atoms with Gasteiger partial charge in [0.1, 0.15) is 11.6 Å². The zero-order valence-electron chi connectivity index (χ0n) is 19.1. The van der Waals surface area contributed by atoms with Gasteiger partial charge in [0, 0.05) is 51.7 Å². The van der Waals surface area contributed by atoms with E-state index in [1.807, 2.05) is 13.0 Å². The molecule has 1 atom stereocenters. The van der Waals surface area contributed by atoms with Crippen LogP contribution >= 0.6 is 0 Å². The number of rotatable bonds is 8. The minimum absolute atomic E-state index is 0.271. The Bertz CT molecular complexity index is 860. The van der Waals surface area contributed by atoms with E-state index in [4.69, 9.17) is 4.74 Å². The van der Waals surface area contributed by atoms with Gasteiger partial charge in [0.15, 0.2) is 5.96 Å². The molecule has 1 saturated heterocycles. The van der Waals surface area contributed by atoms with Gasteiger partial charge in [-0.15, -0.1) is 0 Å². The van der Waals surface area contributed by atoms with E-state index >= 15 is 0 Å². The van der Waals surface area contributed by atoms with E-state index < -0.39 is 0 Å². The Labute approximate surface area is 184 Å². The first kappa shape index (κ1) is 23.2. The van der Waals surface area contributed by atoms with E-state index in [2.05, 4.69) is 39.4 Å². The molecule has 8 heteroatoms. The Hall–Kier alpha value is -2.45. The number of ether oxygens (including phenoxy) is 1. The van der Waals surface area contributed by atoms with Gasteiger partial charge in [0.25, 0.3) is 0 Å². The van der Waals surface area contributed by atoms with Crippen LogP contribution in [0, 0.1) is 18.7 Å². The molecule has 7 nitrogen and oxygen atoms in total. The molecule has 0 bridgehead atoms. The number of aliphatic imine (C=N–C) groups is 1. The van der Waals surface area contributed by atoms with Crippen LogP contribution < -0.4 is 10.6 Å². The Morgan fingerprint density at radius 2 is 2.03 bits per heavy atom. The van der Waals surface area contributed by atoms with Crippen molar-refractivity contribution in [3.8, 4) is 5.69 Å². The molecule has 1 fully saturated rings. The molecule has 1 aromatic heterocycles. The number of aryl methyl sites for hydroxylation is 1. The van der Waals surface area contributed by atoms with Crippen LogP contribution in [0.3, 0.4) is 0 Å². The number of hydrogen-bond donors (Lipinski definition) is 2. The number of benzene rings is 1. The third kappa shape index (κ3) is 6.51. The van der Waals surface area contributed by atoms with Crippen LogP contribution in [0.15, 0.2) is 35.6 Å². The number of halogens is 1. The monoisotopic (exact) mass is 430 g/mol. The van der Waals surface area contributed by atoms with E-state index in [0.717, 1.165) is 56.6 Å². The van der Waals surface area contributed by atoms with Gasteiger partial charge in [-0.25, -0.2) is 9.37 Å². The highest BCUT2D eigenvalue weighted by Crippen LogP contribution is 2.17. The number of imidazole rings is 1. The van der Waals surface area contributed by atoms with Gasteiger partial charge in [0.2, 0.25) is 0 Å². The Morgan fingerprint density at radius 1 is 1.26 bits per heavy atom. The van der Waals surface area contributed by atoms with Crippen LogP contribution in [-0.4, -0.2) is 66.3 Å². The first-order chi connectivity index (χ1) is 15.0. The molecular formula is C23H35FN6O. The molecule has 0 amide bonds. The molecule has 0 spiro atoms. The summed E-state index contributed by atoms with van der Waals surface area (Å²) in [6, 6.07) is 5.70. The summed E-state index contributed by atoms with van der Waals surface area (Å²) in [4.78, 5) is 11.0. The molecule has 1 aliphatic rings. The molecule has 1 aliphatic heterocycles. The van der Waals surface area contributed by atoms with Gasteiger partial charge in [-0.3, -0.25) is 9.89 Å². The molecule has 2 aromatic rings. The maximum Gasteiger partial charge on any atom is 0.191 e. The van der Waals surface area contributed by atoms with E-state index in [-0.39, 0.29) is 5.82 Å². The van der Waals surface area contributed by atoms with E-state index in [1.165, 1.54) is 0 Å². The van der Waals surface area contributed by atoms with Gasteiger partial charge >= 0.3 is 0 Å². The molecule has 0 aliphatic carbocycles. The van der Waals surface area contributed by atoms with Crippen LogP contribution in [0.4, 0.5) is 4.39 Å². The van der Waals surface area contributed by atoms with Crippen LogP contribution in [-0.2, 0) is 11.3 Å². The maximum absolute atomic E-state index is 14.6. The lowest BCUT2D eigenvalue weighted by molar-refractivity contribution is 0.0132. The van der Waals surface area contributed by atoms with E-state index in [0.29, 0.717) is 24.2 Å². The fraction of sp³-hybridized carbons (Fsp3) is 0.565. The van der Waals surface area contributed by atoms with Crippen molar-refractivity contribution in [3.05, 3.63) is 47.8 Å². The Balaban J connectivity index is 1.56. The third-order valence-corrected chi connectivity index (χ3v) is 5.59. The van der Waals surface area contributed by atoms with Crippen LogP contribution in [0.2, 0.25) is 0 Å². The van der Waals surface area contributed by atoms with Crippen molar-refractivity contribution in [1.29, 1.82) is 0 Å². The minimum Gasteiger partial charge on any atom is -0.379 e. The van der Waals surface area contributed by atoms with Gasteiger partial charge in [0.05, 0.1) is 18.9 Å². The normalized spacial score (nSPS) is 16.5. The van der Waals surface area contributed by atoms with Crippen LogP contribution in [0.25, 0.3) is 5.69 Å². The van der Waals surface area contributed by atoms with Gasteiger partial charge in [-0.2, -0.15) is 0 Å². The lowest BCUT2D eigenvalue weighted by Crippen LogP contribution is -2.50. The molecular weight excluding hydrogens is 395 g/mol. The number of nitrogens with zero attached hydrogens (tertiary/aromatic N) is 4. The van der Waals surface area contributed by atoms with Crippen molar-refractivity contribution in [3.63, 3.8) is 0 Å². The SMILES string of the molecule is CN=C(NCc1ccc(-n2ccnc2C)c(F)c1)NCC(CC(C)C)N1CCOCC1. The second kappa shape index (κ2) is 11.2. The average Bonchev–Trinajstić information content (AvgIpc) is 3.19. The molecule has 2 heterocycles. The Morgan fingerprint density at radius 3 is 2.65 bits per heavy atom. The molecule has 3 rings (SSSR count). The number of hydrogen-bond acceptors (Lipinski definition) is 4. The standard InChI is InChI=1S/C23H35FN6O/c1-17(2)13-20(29-9-11-31-12-10-29)16-28-23(25-4)27-15-19-5-6-22(21(24)14-19)30-8-7-26-18(30)3/h5-8,14,17,20H,9-13,15-16H2,1-4H3,(H2,25,27,28). The second-order valence-electron chi connectivity index (χ2n) is 8.37. The molecule has 0 radical (unpaired) electrons. The van der Waals surface area contributed by atoms with Gasteiger partial charge in [-0.1, -0.05) is 19.9 Å². The molecule has 2 N–H and O–H groups in total. The summed E-state index contributed by atoms with van der Waals surface area (Å²) < 4.78 is 21.9. The smallest absolute Gasteiger partial charge is 0.191 e. The highest BCUT2D eigenvalue weighted by molar-refractivity contribution is 5.79. The molecule has 1 aromatic carbocycles. The summed E-state index contributed by atoms with van der Waals surface area (Å²) in [6.07, 6.45) is 4.55. The summed E-state index contributed by atoms with van der Waals surface area (Å²) in [5.74, 6) is 1.82. The lowest BCUT2D eigenvalue weighted by Gasteiger charge is -2.35. The zero-order valence-corrected chi connectivity index (χ0v) is 19.1. The summed E-state index contributed by atoms with van der Waals surface area (Å²) in [5, 5.41) is 6.75. The van der Waals surface area contributed by atoms with Crippen LogP contribution in [0.1, 0.15) is 31.7 Å². The molecule has 1 unspecified atom stereocenters. The van der Waals surface area contributed by atoms with Crippen LogP contribution in [0.5, 0.6) is 0 Å². The maximum atomic E-state index is 14.6. The van der Waals surface area contributed by atoms with Crippen molar-refractivity contribution in [2.45, 2.75) is 39.8 Å². The lowest BCUT2D eigenvalue weighted by atomic mass is 10.0. The predicted octanol–water partition coefficient (Wildman–Crippen LogP) is 2.73. The summed E-state index contributed by atoms with van der Waals surface area (Å²) >= 11 is 0. The number of morpholine rings is 1. The fourth-order valence-electron chi connectivity index (χ4n) is 3.96. The second-order valence-corrected chi connectivity index (χ2v) is 8.37. The Kier molecular flexibility index (Phi) is 8.43. The zero-order chi connectivity index (χ0) is 22.2. The average molecular weight is 431 g/mol. The number of aromatic nitrogens is 2. The van der Waals surface area contributed by atoms with Crippen molar-refractivity contribution < 1.29 is 9.13 Å². The van der Waals surface area contributed by atoms with E-state index in [1.54, 1.807) is 36.1 Å². The topological polar surface area (TPSA) is 66.7 Å². The fourth-order valence-corrected chi connectivity index (χ4v) is 3.96. The van der Waals surface area contributed by atoms with Crippen molar-refractivity contribution in [1.82, 2.24) is 25.1 Å². The number of nitrogens with one attached hydrogen (secondary N) is 2. The highest BCUT2D eigenvalue weighted by atomic mass is 19.1. The predicted molar refractivity (Wildman–Crippen MR) is 122 cm³/mol. The first-order valence-corrected chi connectivity index (χ1v) is 11.0. The first-order valence-electron chi connectivity index (χ1n) is 11.0. The summed E-state index contributed by atoms with van der Waals surface area (Å²) in [5.41, 5.74) is 1.36. The summed E-state index contributed by atoms with van der Waals surface area (Å²) in [7, 11) is 1.76. The quantitative estimate of drug-likeness (QED) is 0.498. The molecule has 170 valence electrons. The van der Waals surface area contributed by atoms with Crippen molar-refractivity contribution in [2.75, 3.05) is 39.9 Å². The third-order valence-electron chi connectivity index (χ3n) is 5.59. The summed E-state index contributed by atoms with van der Waals surface area (Å²) in [6.45, 7) is 11.2. The molecule has 0 saturated carbocycles. The van der Waals surface area contributed by atoms with Crippen molar-refractivity contribution >= 4 is 5.96 Å². The highest BCUT2D eigenvalue weighted by Gasteiger charge is 2.22. The van der Waals surface area contributed by atoms with E-state index in [9.17, 15) is 4.39 Å². The largest absolute Gasteiger partial charge is 0.379 e. The molecule has 31 heavy (non-hydrogen) atoms. The van der Waals surface area contributed by atoms with Gasteiger partial charge < -0.3 is 19.9 Å². The minimum atomic E-state index is -0.271. The number of guanidine groups is 1. The van der Waals surface area contributed by atoms with Crippen molar-refractivity contribution in [2.24, 2.45) is 10.9 Å².